The van der Waals surface area contributed by atoms with Gasteiger partial charge in [-0.2, -0.15) is 0 Å². The molecule has 1 amide bonds. The Morgan fingerprint density at radius 3 is 2.81 bits per heavy atom. The van der Waals surface area contributed by atoms with Crippen LogP contribution in [0.2, 0.25) is 0 Å². The highest BCUT2D eigenvalue weighted by atomic mass is 79.9. The van der Waals surface area contributed by atoms with Gasteiger partial charge >= 0.3 is 0 Å². The first kappa shape index (κ1) is 15.9. The predicted molar refractivity (Wildman–Crippen MR) is 89.0 cm³/mol. The molecule has 1 aromatic heterocycles. The zero-order valence-corrected chi connectivity index (χ0v) is 13.9. The summed E-state index contributed by atoms with van der Waals surface area (Å²) >= 11 is 3.53. The molecule has 1 heterocycles. The number of aromatic nitrogens is 1. The minimum Gasteiger partial charge on any atom is -0.354 e. The quantitative estimate of drug-likeness (QED) is 0.871. The smallest absolute Gasteiger partial charge is 0.224 e. The number of nitrogens with zero attached hydrogens (tertiary/aromatic N) is 1. The molecule has 0 saturated carbocycles. The van der Waals surface area contributed by atoms with Crippen LogP contribution in [0.1, 0.15) is 19.4 Å². The van der Waals surface area contributed by atoms with E-state index in [1.54, 1.807) is 6.20 Å². The lowest BCUT2D eigenvalue weighted by atomic mass is 9.96. The molecule has 2 rings (SSSR count). The fourth-order valence-corrected chi connectivity index (χ4v) is 2.76. The van der Waals surface area contributed by atoms with Crippen molar-refractivity contribution in [1.82, 2.24) is 10.3 Å². The summed E-state index contributed by atoms with van der Waals surface area (Å²) < 4.78 is 1.00. The van der Waals surface area contributed by atoms with Gasteiger partial charge in [-0.05, 0) is 38.0 Å². The Hall–Kier alpha value is -1.46. The van der Waals surface area contributed by atoms with Gasteiger partial charge in [-0.3, -0.25) is 9.78 Å². The van der Waals surface area contributed by atoms with Crippen molar-refractivity contribution in [2.45, 2.75) is 26.3 Å². The summed E-state index contributed by atoms with van der Waals surface area (Å²) in [5, 5.41) is 3.98. The molecule has 0 radical (unpaired) electrons. The molecule has 4 nitrogen and oxygen atoms in total. The van der Waals surface area contributed by atoms with Gasteiger partial charge < -0.3 is 11.1 Å². The molecule has 0 spiro atoms. The van der Waals surface area contributed by atoms with E-state index in [0.29, 0.717) is 13.0 Å². The second-order valence-corrected chi connectivity index (χ2v) is 6.26. The number of halogens is 1. The number of carbonyl (C=O) groups excluding carboxylic acids is 1. The average molecular weight is 350 g/mol. The van der Waals surface area contributed by atoms with Crippen LogP contribution in [0.4, 0.5) is 0 Å². The second-order valence-electron chi connectivity index (χ2n) is 5.41. The average Bonchev–Trinajstić information content (AvgIpc) is 2.46. The molecule has 3 N–H and O–H groups in total. The Kier molecular flexibility index (Phi) is 5.31. The summed E-state index contributed by atoms with van der Waals surface area (Å²) in [6.07, 6.45) is 2.36. The van der Waals surface area contributed by atoms with Crippen molar-refractivity contribution in [2.75, 3.05) is 6.54 Å². The number of pyridine rings is 1. The Balaban J connectivity index is 2.30. The third kappa shape index (κ3) is 3.80. The zero-order chi connectivity index (χ0) is 15.4. The topological polar surface area (TPSA) is 68.0 Å². The molecule has 1 aromatic carbocycles. The maximum Gasteiger partial charge on any atom is 0.224 e. The number of rotatable bonds is 5. The lowest BCUT2D eigenvalue weighted by Crippen LogP contribution is -2.39. The van der Waals surface area contributed by atoms with Gasteiger partial charge in [0.25, 0.3) is 0 Å². The fourth-order valence-electron chi connectivity index (χ4n) is 2.31. The van der Waals surface area contributed by atoms with E-state index in [2.05, 4.69) is 26.2 Å². The molecular weight excluding hydrogens is 330 g/mol. The normalized spacial score (nSPS) is 12.6. The molecule has 5 heteroatoms. The predicted octanol–water partition coefficient (Wildman–Crippen LogP) is 2.64. The molecule has 2 aromatic rings. The Morgan fingerprint density at radius 2 is 2.14 bits per heavy atom. The molecule has 0 bridgehead atoms. The molecule has 1 unspecified atom stereocenters. The number of fused-ring (bicyclic) bond motifs is 1. The van der Waals surface area contributed by atoms with Gasteiger partial charge in [0.1, 0.15) is 0 Å². The van der Waals surface area contributed by atoms with Gasteiger partial charge in [0, 0.05) is 28.6 Å². The number of nitrogens with two attached hydrogens (primary N) is 1. The second kappa shape index (κ2) is 7.00. The lowest BCUT2D eigenvalue weighted by molar-refractivity contribution is -0.125. The maximum atomic E-state index is 12.2. The summed E-state index contributed by atoms with van der Waals surface area (Å²) in [5.74, 6) is -0.238. The minimum atomic E-state index is -0.237. The monoisotopic (exact) mass is 349 g/mol. The Labute approximate surface area is 133 Å². The van der Waals surface area contributed by atoms with Gasteiger partial charge in [0.05, 0.1) is 11.4 Å². The molecular formula is C16H20BrN3O. The highest BCUT2D eigenvalue weighted by Gasteiger charge is 2.19. The number of hydrogen-bond acceptors (Lipinski definition) is 3. The standard InChI is InChI=1S/C16H20BrN3O/c1-10(2)20-16(21)12(9-18)8-11-5-6-14(17)13-4-3-7-19-15(11)13/h3-7,10,12H,8-9,18H2,1-2H3,(H,20,21). The fraction of sp³-hybridized carbons (Fsp3) is 0.375. The molecule has 112 valence electrons. The molecule has 0 fully saturated rings. The number of nitrogens with one attached hydrogen (secondary N) is 1. The number of amides is 1. The van der Waals surface area contributed by atoms with Gasteiger partial charge in [0.15, 0.2) is 0 Å². The van der Waals surface area contributed by atoms with Gasteiger partial charge in [0.2, 0.25) is 5.91 Å². The Morgan fingerprint density at radius 1 is 1.38 bits per heavy atom. The van der Waals surface area contributed by atoms with E-state index in [1.807, 2.05) is 38.1 Å². The molecule has 0 aliphatic heterocycles. The van der Waals surface area contributed by atoms with Crippen LogP contribution in [0.25, 0.3) is 10.9 Å². The molecule has 0 saturated heterocycles. The van der Waals surface area contributed by atoms with E-state index in [0.717, 1.165) is 20.9 Å². The van der Waals surface area contributed by atoms with Crippen molar-refractivity contribution in [3.05, 3.63) is 40.5 Å². The molecule has 0 aliphatic carbocycles. The minimum absolute atomic E-state index is 0.000463. The van der Waals surface area contributed by atoms with E-state index in [4.69, 9.17) is 5.73 Å². The first-order valence-corrected chi connectivity index (χ1v) is 7.84. The van der Waals surface area contributed by atoms with E-state index >= 15 is 0 Å². The van der Waals surface area contributed by atoms with Crippen LogP contribution in [0.3, 0.4) is 0 Å². The number of carbonyl (C=O) groups is 1. The van der Waals surface area contributed by atoms with E-state index < -0.39 is 0 Å². The Bertz CT molecular complexity index is 642. The van der Waals surface area contributed by atoms with Gasteiger partial charge in [-0.25, -0.2) is 0 Å². The summed E-state index contributed by atoms with van der Waals surface area (Å²) in [7, 11) is 0. The summed E-state index contributed by atoms with van der Waals surface area (Å²) in [6, 6.07) is 8.04. The van der Waals surface area contributed by atoms with E-state index in [1.165, 1.54) is 0 Å². The first-order valence-electron chi connectivity index (χ1n) is 7.05. The van der Waals surface area contributed by atoms with Crippen LogP contribution in [0.5, 0.6) is 0 Å². The van der Waals surface area contributed by atoms with Crippen molar-refractivity contribution in [2.24, 2.45) is 11.7 Å². The van der Waals surface area contributed by atoms with E-state index in [-0.39, 0.29) is 17.9 Å². The van der Waals surface area contributed by atoms with Crippen LogP contribution in [0.15, 0.2) is 34.9 Å². The van der Waals surface area contributed by atoms with Crippen LogP contribution in [0, 0.1) is 5.92 Å². The van der Waals surface area contributed by atoms with Crippen molar-refractivity contribution in [3.63, 3.8) is 0 Å². The van der Waals surface area contributed by atoms with Crippen molar-refractivity contribution >= 4 is 32.7 Å². The molecule has 1 atom stereocenters. The van der Waals surface area contributed by atoms with E-state index in [9.17, 15) is 4.79 Å². The molecule has 21 heavy (non-hydrogen) atoms. The van der Waals surface area contributed by atoms with Crippen LogP contribution >= 0.6 is 15.9 Å². The van der Waals surface area contributed by atoms with Crippen LogP contribution < -0.4 is 11.1 Å². The summed E-state index contributed by atoms with van der Waals surface area (Å²) in [6.45, 7) is 4.22. The zero-order valence-electron chi connectivity index (χ0n) is 12.3. The highest BCUT2D eigenvalue weighted by molar-refractivity contribution is 9.10. The largest absolute Gasteiger partial charge is 0.354 e. The lowest BCUT2D eigenvalue weighted by Gasteiger charge is -2.17. The summed E-state index contributed by atoms with van der Waals surface area (Å²) in [5.41, 5.74) is 7.74. The highest BCUT2D eigenvalue weighted by Crippen LogP contribution is 2.26. The SMILES string of the molecule is CC(C)NC(=O)C(CN)Cc1ccc(Br)c2cccnc12. The number of hydrogen-bond donors (Lipinski definition) is 2. The van der Waals surface area contributed by atoms with Crippen molar-refractivity contribution in [1.29, 1.82) is 0 Å². The van der Waals surface area contributed by atoms with Gasteiger partial charge in [-0.15, -0.1) is 0 Å². The van der Waals surface area contributed by atoms with Crippen LogP contribution in [-0.2, 0) is 11.2 Å². The van der Waals surface area contributed by atoms with Crippen molar-refractivity contribution in [3.8, 4) is 0 Å². The van der Waals surface area contributed by atoms with Crippen molar-refractivity contribution < 1.29 is 4.79 Å². The summed E-state index contributed by atoms with van der Waals surface area (Å²) in [4.78, 5) is 16.6. The van der Waals surface area contributed by atoms with Crippen LogP contribution in [-0.4, -0.2) is 23.5 Å². The maximum absolute atomic E-state index is 12.2. The third-order valence-corrected chi connectivity index (χ3v) is 4.04. The number of benzene rings is 1. The van der Waals surface area contributed by atoms with Gasteiger partial charge in [-0.1, -0.05) is 28.1 Å². The molecule has 0 aliphatic rings. The third-order valence-electron chi connectivity index (χ3n) is 3.35. The first-order chi connectivity index (χ1) is 10.0.